The van der Waals surface area contributed by atoms with Gasteiger partial charge in [-0.05, 0) is 18.2 Å². The lowest BCUT2D eigenvalue weighted by Crippen LogP contribution is -2.06. The molecule has 0 heterocycles. The van der Waals surface area contributed by atoms with E-state index in [1.807, 2.05) is 0 Å². The zero-order valence-electron chi connectivity index (χ0n) is 10.6. The van der Waals surface area contributed by atoms with Crippen LogP contribution in [0.1, 0.15) is 11.1 Å². The van der Waals surface area contributed by atoms with Crippen molar-refractivity contribution in [3.63, 3.8) is 0 Å². The molecule has 5 nitrogen and oxygen atoms in total. The molecule has 2 aromatic carbocycles. The van der Waals surface area contributed by atoms with Crippen LogP contribution in [0.3, 0.4) is 0 Å². The number of nitrogens with zero attached hydrogens (tertiary/aromatic N) is 2. The Morgan fingerprint density at radius 1 is 1.24 bits per heavy atom. The highest BCUT2D eigenvalue weighted by Gasteiger charge is 2.12. The molecule has 7 heteroatoms. The molecular formula is C14H9F2N3O2. The maximum absolute atomic E-state index is 13.5. The summed E-state index contributed by atoms with van der Waals surface area (Å²) in [5.74, 6) is -1.41. The van der Waals surface area contributed by atoms with Crippen LogP contribution in [0, 0.1) is 33.1 Å². The third-order valence-corrected chi connectivity index (χ3v) is 2.85. The van der Waals surface area contributed by atoms with Crippen molar-refractivity contribution in [1.82, 2.24) is 0 Å². The Morgan fingerprint density at radius 3 is 2.48 bits per heavy atom. The molecule has 0 atom stereocenters. The molecule has 2 rings (SSSR count). The van der Waals surface area contributed by atoms with Crippen molar-refractivity contribution >= 4 is 11.4 Å². The van der Waals surface area contributed by atoms with Crippen molar-refractivity contribution in [2.24, 2.45) is 0 Å². The minimum absolute atomic E-state index is 0.0287. The molecule has 0 amide bonds. The third-order valence-electron chi connectivity index (χ3n) is 2.85. The van der Waals surface area contributed by atoms with Gasteiger partial charge in [-0.15, -0.1) is 0 Å². The lowest BCUT2D eigenvalue weighted by molar-refractivity contribution is -0.384. The number of rotatable bonds is 4. The van der Waals surface area contributed by atoms with Crippen molar-refractivity contribution in [3.05, 3.63) is 69.3 Å². The Kier molecular flexibility index (Phi) is 4.09. The predicted octanol–water partition coefficient (Wildman–Crippen LogP) is 3.36. The van der Waals surface area contributed by atoms with Crippen LogP contribution < -0.4 is 5.32 Å². The van der Waals surface area contributed by atoms with Crippen LogP contribution >= 0.6 is 0 Å². The quantitative estimate of drug-likeness (QED) is 0.691. The molecule has 0 radical (unpaired) electrons. The number of hydrogen-bond acceptors (Lipinski definition) is 4. The van der Waals surface area contributed by atoms with E-state index in [0.29, 0.717) is 0 Å². The van der Waals surface area contributed by atoms with Crippen LogP contribution in [0.4, 0.5) is 20.2 Å². The molecule has 0 spiro atoms. The van der Waals surface area contributed by atoms with E-state index in [-0.39, 0.29) is 29.0 Å². The third kappa shape index (κ3) is 3.12. The Hall–Kier alpha value is -3.01. The van der Waals surface area contributed by atoms with Crippen LogP contribution in [0.25, 0.3) is 0 Å². The number of nitro benzene ring substituents is 1. The molecule has 2 aromatic rings. The topological polar surface area (TPSA) is 79.0 Å². The standard InChI is InChI=1S/C14H9F2N3O2/c15-12-2-1-3-13(16)11(12)8-18-14-5-4-10(19(20)21)6-9(14)7-17/h1-6,18H,8H2. The number of nitro groups is 1. The number of anilines is 1. The number of non-ortho nitro benzene ring substituents is 1. The first-order chi connectivity index (χ1) is 10.0. The van der Waals surface area contributed by atoms with Gasteiger partial charge < -0.3 is 5.32 Å². The van der Waals surface area contributed by atoms with E-state index in [9.17, 15) is 18.9 Å². The van der Waals surface area contributed by atoms with E-state index in [1.54, 1.807) is 6.07 Å². The number of benzene rings is 2. The number of nitriles is 1. The summed E-state index contributed by atoms with van der Waals surface area (Å²) in [5, 5.41) is 22.3. The van der Waals surface area contributed by atoms with Crippen LogP contribution in [-0.2, 0) is 6.54 Å². The lowest BCUT2D eigenvalue weighted by Gasteiger charge is -2.09. The Balaban J connectivity index is 2.25. The summed E-state index contributed by atoms with van der Waals surface area (Å²) in [6.45, 7) is -0.176. The second kappa shape index (κ2) is 5.96. The van der Waals surface area contributed by atoms with Gasteiger partial charge in [0.1, 0.15) is 17.7 Å². The molecule has 0 saturated heterocycles. The van der Waals surface area contributed by atoms with Gasteiger partial charge in [0.15, 0.2) is 0 Å². The SMILES string of the molecule is N#Cc1cc([N+](=O)[O-])ccc1NCc1c(F)cccc1F. The van der Waals surface area contributed by atoms with Gasteiger partial charge in [-0.3, -0.25) is 10.1 Å². The maximum atomic E-state index is 13.5. The van der Waals surface area contributed by atoms with E-state index >= 15 is 0 Å². The molecule has 0 aliphatic rings. The zero-order chi connectivity index (χ0) is 15.4. The van der Waals surface area contributed by atoms with E-state index in [4.69, 9.17) is 5.26 Å². The first kappa shape index (κ1) is 14.4. The Labute approximate surface area is 118 Å². The van der Waals surface area contributed by atoms with E-state index < -0.39 is 16.6 Å². The summed E-state index contributed by atoms with van der Waals surface area (Å²) in [6.07, 6.45) is 0. The predicted molar refractivity (Wildman–Crippen MR) is 71.5 cm³/mol. The molecule has 106 valence electrons. The largest absolute Gasteiger partial charge is 0.380 e. The van der Waals surface area contributed by atoms with E-state index in [2.05, 4.69) is 5.32 Å². The summed E-state index contributed by atoms with van der Waals surface area (Å²) in [4.78, 5) is 10.0. The fraction of sp³-hybridized carbons (Fsp3) is 0.0714. The molecule has 0 unspecified atom stereocenters. The van der Waals surface area contributed by atoms with Gasteiger partial charge in [-0.1, -0.05) is 6.07 Å². The van der Waals surface area contributed by atoms with Crippen LogP contribution in [0.5, 0.6) is 0 Å². The average Bonchev–Trinajstić information content (AvgIpc) is 2.46. The summed E-state index contributed by atoms with van der Waals surface area (Å²) >= 11 is 0. The minimum Gasteiger partial charge on any atom is -0.380 e. The molecule has 0 aromatic heterocycles. The van der Waals surface area contributed by atoms with Crippen LogP contribution in [0.15, 0.2) is 36.4 Å². The fourth-order valence-electron chi connectivity index (χ4n) is 1.78. The van der Waals surface area contributed by atoms with Gasteiger partial charge in [-0.25, -0.2) is 8.78 Å². The van der Waals surface area contributed by atoms with Gasteiger partial charge in [0.2, 0.25) is 0 Å². The lowest BCUT2D eigenvalue weighted by atomic mass is 10.1. The monoisotopic (exact) mass is 289 g/mol. The van der Waals surface area contributed by atoms with Crippen molar-refractivity contribution < 1.29 is 13.7 Å². The van der Waals surface area contributed by atoms with E-state index in [1.165, 1.54) is 18.2 Å². The van der Waals surface area contributed by atoms with Gasteiger partial charge in [-0.2, -0.15) is 5.26 Å². The van der Waals surface area contributed by atoms with Gasteiger partial charge in [0, 0.05) is 24.2 Å². The Bertz CT molecular complexity index is 721. The van der Waals surface area contributed by atoms with Gasteiger partial charge in [0.05, 0.1) is 16.2 Å². The maximum Gasteiger partial charge on any atom is 0.270 e. The fourth-order valence-corrected chi connectivity index (χ4v) is 1.78. The van der Waals surface area contributed by atoms with Crippen molar-refractivity contribution in [2.75, 3.05) is 5.32 Å². The highest BCUT2D eigenvalue weighted by atomic mass is 19.1. The molecule has 0 fully saturated rings. The minimum atomic E-state index is -0.706. The van der Waals surface area contributed by atoms with E-state index in [0.717, 1.165) is 18.2 Å². The van der Waals surface area contributed by atoms with Crippen molar-refractivity contribution in [3.8, 4) is 6.07 Å². The number of halogens is 2. The van der Waals surface area contributed by atoms with Gasteiger partial charge >= 0.3 is 0 Å². The number of hydrogen-bond donors (Lipinski definition) is 1. The second-order valence-electron chi connectivity index (χ2n) is 4.15. The van der Waals surface area contributed by atoms with Crippen molar-refractivity contribution in [1.29, 1.82) is 5.26 Å². The average molecular weight is 289 g/mol. The first-order valence-corrected chi connectivity index (χ1v) is 5.88. The molecule has 0 bridgehead atoms. The summed E-state index contributed by atoms with van der Waals surface area (Å²) < 4.78 is 26.9. The molecule has 0 aliphatic carbocycles. The summed E-state index contributed by atoms with van der Waals surface area (Å²) in [5.41, 5.74) is -0.0967. The highest BCUT2D eigenvalue weighted by Crippen LogP contribution is 2.22. The molecule has 1 N–H and O–H groups in total. The van der Waals surface area contributed by atoms with Crippen molar-refractivity contribution in [2.45, 2.75) is 6.54 Å². The Morgan fingerprint density at radius 2 is 1.90 bits per heavy atom. The van der Waals surface area contributed by atoms with Crippen LogP contribution in [0.2, 0.25) is 0 Å². The normalized spacial score (nSPS) is 9.95. The zero-order valence-corrected chi connectivity index (χ0v) is 10.6. The smallest absolute Gasteiger partial charge is 0.270 e. The molecule has 21 heavy (non-hydrogen) atoms. The summed E-state index contributed by atoms with van der Waals surface area (Å²) in [7, 11) is 0. The molecule has 0 aliphatic heterocycles. The van der Waals surface area contributed by atoms with Gasteiger partial charge in [0.25, 0.3) is 5.69 Å². The highest BCUT2D eigenvalue weighted by molar-refractivity contribution is 5.61. The molecular weight excluding hydrogens is 280 g/mol. The molecule has 0 saturated carbocycles. The second-order valence-corrected chi connectivity index (χ2v) is 4.15. The van der Waals surface area contributed by atoms with Crippen LogP contribution in [-0.4, -0.2) is 4.92 Å². The number of nitrogens with one attached hydrogen (secondary N) is 1. The summed E-state index contributed by atoms with van der Waals surface area (Å²) in [6, 6.07) is 8.94. The first-order valence-electron chi connectivity index (χ1n) is 5.88.